The van der Waals surface area contributed by atoms with Crippen LogP contribution in [0.25, 0.3) is 0 Å². The van der Waals surface area contributed by atoms with E-state index in [9.17, 15) is 14.0 Å². The van der Waals surface area contributed by atoms with E-state index in [2.05, 4.69) is 10.6 Å². The number of hydrogen-bond acceptors (Lipinski definition) is 3. The summed E-state index contributed by atoms with van der Waals surface area (Å²) >= 11 is 0. The monoisotopic (exact) mass is 315 g/mol. The van der Waals surface area contributed by atoms with Crippen molar-refractivity contribution in [2.24, 2.45) is 0 Å². The van der Waals surface area contributed by atoms with Crippen LogP contribution < -0.4 is 10.6 Å². The molecule has 0 atom stereocenters. The lowest BCUT2D eigenvalue weighted by Gasteiger charge is -2.10. The second kappa shape index (κ2) is 7.51. The second-order valence-electron chi connectivity index (χ2n) is 5.33. The van der Waals surface area contributed by atoms with Gasteiger partial charge >= 0.3 is 6.03 Å². The molecule has 0 aliphatic heterocycles. The number of benzene rings is 2. The van der Waals surface area contributed by atoms with E-state index in [1.165, 1.54) is 18.2 Å². The van der Waals surface area contributed by atoms with Crippen molar-refractivity contribution in [3.05, 3.63) is 59.9 Å². The van der Waals surface area contributed by atoms with Gasteiger partial charge in [0.05, 0.1) is 6.54 Å². The number of nitrogens with one attached hydrogen (secondary N) is 2. The van der Waals surface area contributed by atoms with Gasteiger partial charge in [-0.2, -0.15) is 0 Å². The smallest absolute Gasteiger partial charge is 0.308 e. The summed E-state index contributed by atoms with van der Waals surface area (Å²) in [6.45, 7) is 0.326. The Kier molecular flexibility index (Phi) is 5.43. The normalized spacial score (nSPS) is 10.4. The van der Waals surface area contributed by atoms with Gasteiger partial charge in [-0.15, -0.1) is 0 Å². The molecule has 0 aliphatic rings. The number of carbonyl (C=O) groups excluding carboxylic acids is 2. The van der Waals surface area contributed by atoms with E-state index < -0.39 is 11.8 Å². The third-order valence-electron chi connectivity index (χ3n) is 3.01. The fraction of sp³-hybridized carbons (Fsp3) is 0.176. The van der Waals surface area contributed by atoms with Gasteiger partial charge in [0.25, 0.3) is 0 Å². The number of Topliss-reactive ketones (excluding diaryl/α,β-unsaturated/α-hetero) is 1. The van der Waals surface area contributed by atoms with Gasteiger partial charge in [-0.05, 0) is 56.6 Å². The summed E-state index contributed by atoms with van der Waals surface area (Å²) < 4.78 is 13.0. The molecule has 2 N–H and O–H groups in total. The largest absolute Gasteiger partial charge is 0.323 e. The number of halogens is 1. The number of likely N-dealkylation sites (N-methyl/N-ethyl adjacent to an activating group) is 1. The van der Waals surface area contributed by atoms with Crippen LogP contribution in [-0.4, -0.2) is 37.4 Å². The molecule has 0 bridgehead atoms. The quantitative estimate of drug-likeness (QED) is 0.833. The van der Waals surface area contributed by atoms with Crippen molar-refractivity contribution >= 4 is 23.2 Å². The Balaban J connectivity index is 1.95. The molecule has 2 rings (SSSR count). The minimum absolute atomic E-state index is 0.00534. The number of anilines is 2. The molecule has 23 heavy (non-hydrogen) atoms. The first kappa shape index (κ1) is 16.6. The summed E-state index contributed by atoms with van der Waals surface area (Å²) in [5.41, 5.74) is 1.48. The van der Waals surface area contributed by atoms with Crippen molar-refractivity contribution in [1.29, 1.82) is 0 Å². The zero-order valence-corrected chi connectivity index (χ0v) is 13.0. The van der Waals surface area contributed by atoms with Gasteiger partial charge < -0.3 is 15.5 Å². The lowest BCUT2D eigenvalue weighted by Crippen LogP contribution is -2.22. The number of hydrogen-bond donors (Lipinski definition) is 2. The molecular formula is C17H18FN3O2. The minimum atomic E-state index is -0.483. The molecule has 0 spiro atoms. The molecule has 2 aromatic rings. The van der Waals surface area contributed by atoms with Crippen molar-refractivity contribution in [3.8, 4) is 0 Å². The predicted molar refractivity (Wildman–Crippen MR) is 88.4 cm³/mol. The highest BCUT2D eigenvalue weighted by Crippen LogP contribution is 2.13. The summed E-state index contributed by atoms with van der Waals surface area (Å²) in [7, 11) is 3.65. The molecular weight excluding hydrogens is 297 g/mol. The molecule has 0 saturated carbocycles. The van der Waals surface area contributed by atoms with E-state index in [0.717, 1.165) is 0 Å². The summed E-state index contributed by atoms with van der Waals surface area (Å²) in [4.78, 5) is 25.5. The van der Waals surface area contributed by atoms with Gasteiger partial charge in [-0.1, -0.05) is 6.07 Å². The van der Waals surface area contributed by atoms with Crippen molar-refractivity contribution in [1.82, 2.24) is 4.90 Å². The number of carbonyl (C=O) groups is 2. The second-order valence-corrected chi connectivity index (χ2v) is 5.33. The van der Waals surface area contributed by atoms with Crippen LogP contribution >= 0.6 is 0 Å². The molecule has 6 heteroatoms. The molecule has 5 nitrogen and oxygen atoms in total. The Morgan fingerprint density at radius 3 is 2.26 bits per heavy atom. The van der Waals surface area contributed by atoms with Crippen LogP contribution in [0.3, 0.4) is 0 Å². The maximum absolute atomic E-state index is 13.0. The molecule has 0 aromatic heterocycles. The molecule has 0 aliphatic carbocycles. The van der Waals surface area contributed by atoms with Crippen molar-refractivity contribution in [2.45, 2.75) is 0 Å². The first-order chi connectivity index (χ1) is 10.9. The molecule has 0 fully saturated rings. The summed E-state index contributed by atoms with van der Waals surface area (Å²) in [5.74, 6) is -0.419. The molecule has 2 amide bonds. The Hall–Kier alpha value is -2.73. The lowest BCUT2D eigenvalue weighted by atomic mass is 10.1. The number of amides is 2. The first-order valence-electron chi connectivity index (χ1n) is 7.05. The van der Waals surface area contributed by atoms with E-state index in [-0.39, 0.29) is 5.78 Å². The molecule has 0 radical (unpaired) electrons. The van der Waals surface area contributed by atoms with Gasteiger partial charge in [-0.25, -0.2) is 9.18 Å². The van der Waals surface area contributed by atoms with Gasteiger partial charge in [0.1, 0.15) is 5.82 Å². The maximum Gasteiger partial charge on any atom is 0.323 e. The highest BCUT2D eigenvalue weighted by atomic mass is 19.1. The van der Waals surface area contributed by atoms with Crippen LogP contribution in [0.4, 0.5) is 20.6 Å². The van der Waals surface area contributed by atoms with Crippen molar-refractivity contribution < 1.29 is 14.0 Å². The minimum Gasteiger partial charge on any atom is -0.308 e. The Morgan fingerprint density at radius 2 is 1.65 bits per heavy atom. The average Bonchev–Trinajstić information content (AvgIpc) is 2.47. The average molecular weight is 315 g/mol. The topological polar surface area (TPSA) is 61.4 Å². The number of nitrogens with zero attached hydrogens (tertiary/aromatic N) is 1. The van der Waals surface area contributed by atoms with E-state index >= 15 is 0 Å². The highest BCUT2D eigenvalue weighted by Gasteiger charge is 2.08. The zero-order chi connectivity index (χ0) is 16.8. The SMILES string of the molecule is CN(C)CC(=O)c1ccc(NC(=O)Nc2cccc(F)c2)cc1. The molecule has 0 saturated heterocycles. The molecule has 120 valence electrons. The third-order valence-corrected chi connectivity index (χ3v) is 3.01. The highest BCUT2D eigenvalue weighted by molar-refractivity contribution is 6.01. The van der Waals surface area contributed by atoms with Crippen LogP contribution in [0.2, 0.25) is 0 Å². The van der Waals surface area contributed by atoms with E-state index in [1.54, 1.807) is 35.2 Å². The molecule has 0 heterocycles. The van der Waals surface area contributed by atoms with Crippen LogP contribution in [0.5, 0.6) is 0 Å². The van der Waals surface area contributed by atoms with Gasteiger partial charge in [0.15, 0.2) is 5.78 Å². The Bertz CT molecular complexity index is 699. The Labute approximate surface area is 134 Å². The third kappa shape index (κ3) is 5.19. The van der Waals surface area contributed by atoms with E-state index in [0.29, 0.717) is 23.5 Å². The van der Waals surface area contributed by atoms with Gasteiger partial charge in [0, 0.05) is 16.9 Å². The standard InChI is InChI=1S/C17H18FN3O2/c1-21(2)11-16(22)12-6-8-14(9-7-12)19-17(23)20-15-5-3-4-13(18)10-15/h3-10H,11H2,1-2H3,(H2,19,20,23). The lowest BCUT2D eigenvalue weighted by molar-refractivity contribution is 0.0958. The van der Waals surface area contributed by atoms with E-state index in [1.807, 2.05) is 14.1 Å². The van der Waals surface area contributed by atoms with E-state index in [4.69, 9.17) is 0 Å². The zero-order valence-electron chi connectivity index (χ0n) is 13.0. The van der Waals surface area contributed by atoms with Crippen molar-refractivity contribution in [2.75, 3.05) is 31.3 Å². The van der Waals surface area contributed by atoms with Crippen molar-refractivity contribution in [3.63, 3.8) is 0 Å². The van der Waals surface area contributed by atoms with Crippen LogP contribution in [-0.2, 0) is 0 Å². The van der Waals surface area contributed by atoms with Crippen LogP contribution in [0.1, 0.15) is 10.4 Å². The fourth-order valence-electron chi connectivity index (χ4n) is 1.98. The predicted octanol–water partition coefficient (Wildman–Crippen LogP) is 3.21. The van der Waals surface area contributed by atoms with Gasteiger partial charge in [-0.3, -0.25) is 4.79 Å². The van der Waals surface area contributed by atoms with Crippen LogP contribution in [0.15, 0.2) is 48.5 Å². The van der Waals surface area contributed by atoms with Crippen LogP contribution in [0, 0.1) is 5.82 Å². The Morgan fingerprint density at radius 1 is 1.00 bits per heavy atom. The number of urea groups is 1. The summed E-state index contributed by atoms with van der Waals surface area (Å²) in [6, 6.07) is 11.7. The summed E-state index contributed by atoms with van der Waals surface area (Å²) in [5, 5.41) is 5.15. The number of ketones is 1. The molecule has 2 aromatic carbocycles. The maximum atomic E-state index is 13.0. The molecule has 0 unspecified atom stereocenters. The van der Waals surface area contributed by atoms with Gasteiger partial charge in [0.2, 0.25) is 0 Å². The summed E-state index contributed by atoms with van der Waals surface area (Å²) in [6.07, 6.45) is 0. The number of rotatable bonds is 5. The fourth-order valence-corrected chi connectivity index (χ4v) is 1.98. The first-order valence-corrected chi connectivity index (χ1v) is 7.05.